The van der Waals surface area contributed by atoms with E-state index in [1.54, 1.807) is 0 Å². The van der Waals surface area contributed by atoms with Crippen LogP contribution in [0, 0.1) is 5.92 Å². The van der Waals surface area contributed by atoms with Crippen molar-refractivity contribution in [2.75, 3.05) is 0 Å². The fourth-order valence-corrected chi connectivity index (χ4v) is 3.25. The Hall–Kier alpha value is -0.740. The maximum atomic E-state index is 13.1. The Balaban J connectivity index is 1.93. The minimum Gasteiger partial charge on any atom is -0.311 e. The molecule has 0 spiro atoms. The Morgan fingerprint density at radius 3 is 2.43 bits per heavy atom. The van der Waals surface area contributed by atoms with Gasteiger partial charge in [-0.05, 0) is 43.9 Å². The quantitative estimate of drug-likeness (QED) is 0.825. The summed E-state index contributed by atoms with van der Waals surface area (Å²) in [5.41, 5.74) is 1.08. The van der Waals surface area contributed by atoms with Crippen molar-refractivity contribution < 1.29 is 13.2 Å². The molecule has 1 aliphatic rings. The number of alkyl halides is 3. The average molecular weight is 320 g/mol. The normalized spacial score (nSPS) is 24.8. The van der Waals surface area contributed by atoms with Gasteiger partial charge in [0.25, 0.3) is 0 Å². The number of rotatable bonds is 4. The summed E-state index contributed by atoms with van der Waals surface area (Å²) in [6, 6.07) is 7.01. The summed E-state index contributed by atoms with van der Waals surface area (Å²) >= 11 is 5.83. The minimum absolute atomic E-state index is 0.0131. The minimum atomic E-state index is -4.10. The van der Waals surface area contributed by atoms with Gasteiger partial charge in [0.1, 0.15) is 0 Å². The van der Waals surface area contributed by atoms with Gasteiger partial charge in [-0.3, -0.25) is 0 Å². The van der Waals surface area contributed by atoms with Crippen LogP contribution in [0.1, 0.15) is 38.2 Å². The summed E-state index contributed by atoms with van der Waals surface area (Å²) in [5, 5.41) is 3.86. The Bertz CT molecular complexity index is 444. The molecule has 1 saturated carbocycles. The summed E-state index contributed by atoms with van der Waals surface area (Å²) in [6.45, 7) is 1.94. The monoisotopic (exact) mass is 319 g/mol. The largest absolute Gasteiger partial charge is 0.393 e. The topological polar surface area (TPSA) is 12.0 Å². The zero-order valence-electron chi connectivity index (χ0n) is 12.1. The molecular weight excluding hydrogens is 299 g/mol. The van der Waals surface area contributed by atoms with Crippen LogP contribution in [0.2, 0.25) is 5.02 Å². The fraction of sp³-hybridized carbons (Fsp3) is 0.625. The van der Waals surface area contributed by atoms with Crippen LogP contribution in [0.3, 0.4) is 0 Å². The molecule has 0 heterocycles. The predicted octanol–water partition coefficient (Wildman–Crippen LogP) is 4.98. The number of hydrogen-bond donors (Lipinski definition) is 1. The molecule has 1 N–H and O–H groups in total. The summed E-state index contributed by atoms with van der Waals surface area (Å²) in [5.74, 6) is -1.21. The lowest BCUT2D eigenvalue weighted by Crippen LogP contribution is -2.49. The van der Waals surface area contributed by atoms with Gasteiger partial charge in [-0.2, -0.15) is 13.2 Å². The third-order valence-electron chi connectivity index (χ3n) is 4.14. The number of hydrogen-bond acceptors (Lipinski definition) is 1. The molecule has 1 aromatic rings. The van der Waals surface area contributed by atoms with Gasteiger partial charge in [-0.25, -0.2) is 0 Å². The zero-order chi connectivity index (χ0) is 15.5. The predicted molar refractivity (Wildman–Crippen MR) is 79.6 cm³/mol. The highest BCUT2D eigenvalue weighted by Crippen LogP contribution is 2.37. The molecule has 2 rings (SSSR count). The van der Waals surface area contributed by atoms with E-state index in [1.165, 1.54) is 0 Å². The molecule has 0 aromatic heterocycles. The molecule has 1 nitrogen and oxygen atoms in total. The van der Waals surface area contributed by atoms with Gasteiger partial charge in [0.05, 0.1) is 5.92 Å². The lowest BCUT2D eigenvalue weighted by atomic mass is 9.83. The van der Waals surface area contributed by atoms with E-state index in [9.17, 15) is 13.2 Å². The van der Waals surface area contributed by atoms with Crippen molar-refractivity contribution in [3.8, 4) is 0 Å². The molecule has 21 heavy (non-hydrogen) atoms. The van der Waals surface area contributed by atoms with E-state index in [2.05, 4.69) is 5.32 Å². The average Bonchev–Trinajstić information content (AvgIpc) is 2.41. The molecule has 0 saturated heterocycles. The van der Waals surface area contributed by atoms with Crippen LogP contribution >= 0.6 is 11.6 Å². The first kappa shape index (κ1) is 16.6. The van der Waals surface area contributed by atoms with Crippen LogP contribution in [-0.2, 0) is 6.42 Å². The molecule has 1 aromatic carbocycles. The molecule has 1 fully saturated rings. The molecular formula is C16H21ClF3N. The Labute approximate surface area is 128 Å². The Morgan fingerprint density at radius 1 is 1.19 bits per heavy atom. The number of benzene rings is 1. The van der Waals surface area contributed by atoms with Gasteiger partial charge in [-0.1, -0.05) is 36.6 Å². The zero-order valence-corrected chi connectivity index (χ0v) is 12.8. The molecule has 0 amide bonds. The van der Waals surface area contributed by atoms with E-state index in [4.69, 9.17) is 11.6 Å². The van der Waals surface area contributed by atoms with Gasteiger partial charge in [0, 0.05) is 17.1 Å². The Morgan fingerprint density at radius 2 is 1.81 bits per heavy atom. The third-order valence-corrected chi connectivity index (χ3v) is 4.39. The first-order chi connectivity index (χ1) is 9.86. The van der Waals surface area contributed by atoms with Crippen LogP contribution in [0.15, 0.2) is 24.3 Å². The summed E-state index contributed by atoms with van der Waals surface area (Å²) in [6.07, 6.45) is -0.994. The van der Waals surface area contributed by atoms with Crippen LogP contribution in [0.4, 0.5) is 13.2 Å². The van der Waals surface area contributed by atoms with Crippen molar-refractivity contribution in [2.24, 2.45) is 5.92 Å². The number of halogens is 4. The SMILES string of the molecule is CC(Cc1ccc(Cl)cc1)NC1CCCCC1C(F)(F)F. The van der Waals surface area contributed by atoms with Crippen LogP contribution in [-0.4, -0.2) is 18.3 Å². The molecule has 0 aliphatic heterocycles. The second-order valence-electron chi connectivity index (χ2n) is 5.94. The van der Waals surface area contributed by atoms with Crippen molar-refractivity contribution in [2.45, 2.75) is 57.3 Å². The third kappa shape index (κ3) is 4.89. The van der Waals surface area contributed by atoms with E-state index in [0.717, 1.165) is 12.0 Å². The second kappa shape index (κ2) is 7.01. The van der Waals surface area contributed by atoms with E-state index in [1.807, 2.05) is 31.2 Å². The van der Waals surface area contributed by atoms with E-state index in [-0.39, 0.29) is 12.5 Å². The van der Waals surface area contributed by atoms with Gasteiger partial charge in [0.2, 0.25) is 0 Å². The molecule has 5 heteroatoms. The molecule has 3 unspecified atom stereocenters. The van der Waals surface area contributed by atoms with Gasteiger partial charge < -0.3 is 5.32 Å². The Kier molecular flexibility index (Phi) is 5.55. The van der Waals surface area contributed by atoms with E-state index in [0.29, 0.717) is 24.3 Å². The van der Waals surface area contributed by atoms with E-state index < -0.39 is 18.1 Å². The van der Waals surface area contributed by atoms with Crippen LogP contribution in [0.25, 0.3) is 0 Å². The standard InChI is InChI=1S/C16H21ClF3N/c1-11(10-12-6-8-13(17)9-7-12)21-15-5-3-2-4-14(15)16(18,19)20/h6-9,11,14-15,21H,2-5,10H2,1H3. The van der Waals surface area contributed by atoms with Crippen molar-refractivity contribution in [3.05, 3.63) is 34.9 Å². The number of nitrogens with one attached hydrogen (secondary N) is 1. The van der Waals surface area contributed by atoms with Crippen molar-refractivity contribution in [3.63, 3.8) is 0 Å². The van der Waals surface area contributed by atoms with Crippen LogP contribution in [0.5, 0.6) is 0 Å². The highest BCUT2D eigenvalue weighted by atomic mass is 35.5. The fourth-order valence-electron chi connectivity index (χ4n) is 3.12. The second-order valence-corrected chi connectivity index (χ2v) is 6.37. The van der Waals surface area contributed by atoms with Crippen molar-refractivity contribution >= 4 is 11.6 Å². The molecule has 3 atom stereocenters. The van der Waals surface area contributed by atoms with Crippen LogP contribution < -0.4 is 5.32 Å². The molecule has 0 bridgehead atoms. The summed E-state index contributed by atoms with van der Waals surface area (Å²) < 4.78 is 39.2. The maximum absolute atomic E-state index is 13.1. The van der Waals surface area contributed by atoms with Crippen molar-refractivity contribution in [1.82, 2.24) is 5.32 Å². The smallest absolute Gasteiger partial charge is 0.311 e. The first-order valence-electron chi connectivity index (χ1n) is 7.43. The molecule has 1 aliphatic carbocycles. The maximum Gasteiger partial charge on any atom is 0.393 e. The highest BCUT2D eigenvalue weighted by molar-refractivity contribution is 6.30. The first-order valence-corrected chi connectivity index (χ1v) is 7.81. The van der Waals surface area contributed by atoms with Crippen molar-refractivity contribution in [1.29, 1.82) is 0 Å². The van der Waals surface area contributed by atoms with Gasteiger partial charge in [-0.15, -0.1) is 0 Å². The highest BCUT2D eigenvalue weighted by Gasteiger charge is 2.45. The summed E-state index contributed by atoms with van der Waals surface area (Å²) in [4.78, 5) is 0. The lowest BCUT2D eigenvalue weighted by Gasteiger charge is -2.35. The van der Waals surface area contributed by atoms with Gasteiger partial charge >= 0.3 is 6.18 Å². The van der Waals surface area contributed by atoms with E-state index >= 15 is 0 Å². The lowest BCUT2D eigenvalue weighted by molar-refractivity contribution is -0.189. The molecule has 118 valence electrons. The summed E-state index contributed by atoms with van der Waals surface area (Å²) in [7, 11) is 0. The molecule has 0 radical (unpaired) electrons. The van der Waals surface area contributed by atoms with Gasteiger partial charge in [0.15, 0.2) is 0 Å².